The average Bonchev–Trinajstić information content (AvgIpc) is 2.66. The first kappa shape index (κ1) is 17.5. The molecule has 0 aliphatic rings. The first-order valence-electron chi connectivity index (χ1n) is 8.31. The molecule has 0 aliphatic carbocycles. The topological polar surface area (TPSA) is 62.4 Å². The minimum absolute atomic E-state index is 0.0638. The van der Waals surface area contributed by atoms with Crippen LogP contribution < -0.4 is 10.2 Å². The van der Waals surface area contributed by atoms with Crippen LogP contribution >= 0.6 is 0 Å². The molecule has 1 amide bonds. The Hall–Kier alpha value is -3.34. The van der Waals surface area contributed by atoms with E-state index in [0.717, 1.165) is 11.0 Å². The molecule has 132 valence electrons. The summed E-state index contributed by atoms with van der Waals surface area (Å²) in [6, 6.07) is 12.6. The normalized spacial score (nSPS) is 10.6. The lowest BCUT2D eigenvalue weighted by atomic mass is 10.1. The van der Waals surface area contributed by atoms with Crippen molar-refractivity contribution in [2.24, 2.45) is 0 Å². The standard InChI is InChI=1S/C21H20N2O3/c1-3-11-23(12-4-2)20(24)14-26-15-9-10-19-17(13-15)21(25)16-7-5-6-8-18(16)22-19/h3-10,13H,1-2,11-12,14H2,(H,22,25). The third-order valence-corrected chi connectivity index (χ3v) is 4.09. The minimum atomic E-state index is -0.169. The second-order valence-electron chi connectivity index (χ2n) is 5.87. The van der Waals surface area contributed by atoms with Gasteiger partial charge in [0.15, 0.2) is 12.0 Å². The van der Waals surface area contributed by atoms with E-state index in [1.165, 1.54) is 0 Å². The number of hydrogen-bond donors (Lipinski definition) is 1. The highest BCUT2D eigenvalue weighted by Crippen LogP contribution is 2.20. The van der Waals surface area contributed by atoms with Crippen molar-refractivity contribution < 1.29 is 9.53 Å². The molecule has 5 nitrogen and oxygen atoms in total. The van der Waals surface area contributed by atoms with Crippen LogP contribution in [0.4, 0.5) is 0 Å². The minimum Gasteiger partial charge on any atom is -0.484 e. The first-order chi connectivity index (χ1) is 12.6. The van der Waals surface area contributed by atoms with Gasteiger partial charge in [-0.15, -0.1) is 13.2 Å². The molecule has 0 atom stereocenters. The average molecular weight is 348 g/mol. The van der Waals surface area contributed by atoms with E-state index in [1.807, 2.05) is 18.2 Å². The Morgan fingerprint density at radius 1 is 1.04 bits per heavy atom. The Morgan fingerprint density at radius 2 is 1.73 bits per heavy atom. The van der Waals surface area contributed by atoms with Crippen molar-refractivity contribution >= 4 is 27.7 Å². The lowest BCUT2D eigenvalue weighted by Crippen LogP contribution is -2.35. The van der Waals surface area contributed by atoms with Gasteiger partial charge in [0, 0.05) is 29.4 Å². The van der Waals surface area contributed by atoms with E-state index in [0.29, 0.717) is 29.6 Å². The molecule has 0 saturated heterocycles. The van der Waals surface area contributed by atoms with Crippen LogP contribution in [-0.4, -0.2) is 35.5 Å². The first-order valence-corrected chi connectivity index (χ1v) is 8.31. The number of pyridine rings is 1. The summed E-state index contributed by atoms with van der Waals surface area (Å²) < 4.78 is 5.60. The van der Waals surface area contributed by atoms with E-state index in [4.69, 9.17) is 4.74 Å². The third kappa shape index (κ3) is 3.52. The molecule has 5 heteroatoms. The molecule has 0 bridgehead atoms. The molecule has 3 rings (SSSR count). The summed E-state index contributed by atoms with van der Waals surface area (Å²) in [5.74, 6) is 0.307. The molecule has 0 unspecified atom stereocenters. The number of H-pyrrole nitrogens is 1. The van der Waals surface area contributed by atoms with E-state index in [-0.39, 0.29) is 17.9 Å². The van der Waals surface area contributed by atoms with Crippen LogP contribution in [0.5, 0.6) is 5.75 Å². The van der Waals surface area contributed by atoms with E-state index in [9.17, 15) is 9.59 Å². The molecule has 0 fully saturated rings. The molecule has 1 N–H and O–H groups in total. The van der Waals surface area contributed by atoms with Crippen molar-refractivity contribution in [3.8, 4) is 5.75 Å². The number of aromatic nitrogens is 1. The van der Waals surface area contributed by atoms with Gasteiger partial charge >= 0.3 is 0 Å². The SMILES string of the molecule is C=CCN(CC=C)C(=O)COc1ccc2[nH]c3ccccc3c(=O)c2c1. The smallest absolute Gasteiger partial charge is 0.261 e. The Morgan fingerprint density at radius 3 is 2.46 bits per heavy atom. The number of aromatic amines is 1. The molecule has 2 aromatic carbocycles. The van der Waals surface area contributed by atoms with Gasteiger partial charge in [0.05, 0.1) is 5.52 Å². The zero-order chi connectivity index (χ0) is 18.5. The number of carbonyl (C=O) groups excluding carboxylic acids is 1. The van der Waals surface area contributed by atoms with E-state index in [2.05, 4.69) is 18.1 Å². The molecule has 0 saturated carbocycles. The van der Waals surface area contributed by atoms with Crippen molar-refractivity contribution in [2.45, 2.75) is 0 Å². The highest BCUT2D eigenvalue weighted by atomic mass is 16.5. The third-order valence-electron chi connectivity index (χ3n) is 4.09. The molecule has 1 aromatic heterocycles. The van der Waals surface area contributed by atoms with E-state index < -0.39 is 0 Å². The van der Waals surface area contributed by atoms with Gasteiger partial charge in [-0.1, -0.05) is 24.3 Å². The van der Waals surface area contributed by atoms with Crippen LogP contribution in [0.2, 0.25) is 0 Å². The van der Waals surface area contributed by atoms with E-state index in [1.54, 1.807) is 41.3 Å². The van der Waals surface area contributed by atoms with Crippen LogP contribution in [0.25, 0.3) is 21.8 Å². The van der Waals surface area contributed by atoms with E-state index >= 15 is 0 Å². The van der Waals surface area contributed by atoms with Crippen molar-refractivity contribution in [3.63, 3.8) is 0 Å². The molecule has 0 spiro atoms. The van der Waals surface area contributed by atoms with Gasteiger partial charge in [-0.25, -0.2) is 0 Å². The number of amides is 1. The fourth-order valence-corrected chi connectivity index (χ4v) is 2.82. The highest BCUT2D eigenvalue weighted by molar-refractivity contribution is 5.93. The maximum Gasteiger partial charge on any atom is 0.261 e. The second-order valence-corrected chi connectivity index (χ2v) is 5.87. The van der Waals surface area contributed by atoms with Gasteiger partial charge in [0.2, 0.25) is 0 Å². The zero-order valence-corrected chi connectivity index (χ0v) is 14.4. The van der Waals surface area contributed by atoms with Crippen molar-refractivity contribution in [2.75, 3.05) is 19.7 Å². The Bertz CT molecular complexity index is 1030. The number of rotatable bonds is 7. The number of fused-ring (bicyclic) bond motifs is 2. The molecule has 1 heterocycles. The number of para-hydroxylation sites is 1. The van der Waals surface area contributed by atoms with Crippen LogP contribution in [-0.2, 0) is 4.79 Å². The fourth-order valence-electron chi connectivity index (χ4n) is 2.82. The Labute approximate surface area is 151 Å². The molecule has 0 radical (unpaired) electrons. The maximum absolute atomic E-state index is 12.7. The summed E-state index contributed by atoms with van der Waals surface area (Å²) in [6.45, 7) is 8.03. The number of carbonyl (C=O) groups is 1. The van der Waals surface area contributed by atoms with Gasteiger partial charge in [-0.05, 0) is 30.3 Å². The van der Waals surface area contributed by atoms with Crippen LogP contribution in [0.15, 0.2) is 72.6 Å². The summed E-state index contributed by atoms with van der Waals surface area (Å²) in [5.41, 5.74) is 1.46. The second kappa shape index (κ2) is 7.70. The highest BCUT2D eigenvalue weighted by Gasteiger charge is 2.12. The summed E-state index contributed by atoms with van der Waals surface area (Å²) in [7, 11) is 0. The van der Waals surface area contributed by atoms with Crippen LogP contribution in [0, 0.1) is 0 Å². The van der Waals surface area contributed by atoms with Gasteiger partial charge in [0.1, 0.15) is 5.75 Å². The van der Waals surface area contributed by atoms with Gasteiger partial charge in [-0.3, -0.25) is 9.59 Å². The molecular formula is C21H20N2O3. The monoisotopic (exact) mass is 348 g/mol. The summed E-state index contributed by atoms with van der Waals surface area (Å²) in [4.78, 5) is 29.7. The summed E-state index contributed by atoms with van der Waals surface area (Å²) >= 11 is 0. The van der Waals surface area contributed by atoms with Crippen molar-refractivity contribution in [1.82, 2.24) is 9.88 Å². The number of ether oxygens (including phenoxy) is 1. The quantitative estimate of drug-likeness (QED) is 0.527. The van der Waals surface area contributed by atoms with Crippen LogP contribution in [0.1, 0.15) is 0 Å². The summed E-state index contributed by atoms with van der Waals surface area (Å²) in [6.07, 6.45) is 3.31. The van der Waals surface area contributed by atoms with Gasteiger partial charge in [0.25, 0.3) is 5.91 Å². The summed E-state index contributed by atoms with van der Waals surface area (Å²) in [5, 5.41) is 1.15. The molecule has 3 aromatic rings. The van der Waals surface area contributed by atoms with Crippen molar-refractivity contribution in [3.05, 3.63) is 78.0 Å². The zero-order valence-electron chi connectivity index (χ0n) is 14.4. The largest absolute Gasteiger partial charge is 0.484 e. The maximum atomic E-state index is 12.7. The van der Waals surface area contributed by atoms with Gasteiger partial charge in [-0.2, -0.15) is 0 Å². The lowest BCUT2D eigenvalue weighted by Gasteiger charge is -2.19. The van der Waals surface area contributed by atoms with Crippen molar-refractivity contribution in [1.29, 1.82) is 0 Å². The van der Waals surface area contributed by atoms with Gasteiger partial charge < -0.3 is 14.6 Å². The Kier molecular flexibility index (Phi) is 5.17. The number of nitrogens with zero attached hydrogens (tertiary/aromatic N) is 1. The number of nitrogens with one attached hydrogen (secondary N) is 1. The Balaban J connectivity index is 1.85. The molecular weight excluding hydrogens is 328 g/mol. The lowest BCUT2D eigenvalue weighted by molar-refractivity contribution is -0.132. The number of hydrogen-bond acceptors (Lipinski definition) is 3. The fraction of sp³-hybridized carbons (Fsp3) is 0.143. The number of benzene rings is 2. The van der Waals surface area contributed by atoms with Crippen LogP contribution in [0.3, 0.4) is 0 Å². The predicted molar refractivity (Wildman–Crippen MR) is 105 cm³/mol. The molecule has 26 heavy (non-hydrogen) atoms. The molecule has 0 aliphatic heterocycles. The predicted octanol–water partition coefficient (Wildman–Crippen LogP) is 3.26.